The van der Waals surface area contributed by atoms with Crippen LogP contribution < -0.4 is 11.3 Å². The molecule has 0 fully saturated rings. The summed E-state index contributed by atoms with van der Waals surface area (Å²) in [6, 6.07) is 7.90. The third kappa shape index (κ3) is 3.16. The zero-order valence-electron chi connectivity index (χ0n) is 11.6. The first-order valence-electron chi connectivity index (χ1n) is 6.41. The molecule has 0 aliphatic heterocycles. The quantitative estimate of drug-likeness (QED) is 0.441. The fraction of sp³-hybridized carbons (Fsp3) is 0.357. The zero-order valence-corrected chi connectivity index (χ0v) is 12.4. The number of carbonyl (C=O) groups excluding carboxylic acids is 1. The van der Waals surface area contributed by atoms with Crippen molar-refractivity contribution in [3.63, 3.8) is 0 Å². The summed E-state index contributed by atoms with van der Waals surface area (Å²) in [5, 5.41) is 10.5. The van der Waals surface area contributed by atoms with Crippen molar-refractivity contribution in [3.8, 4) is 0 Å². The molecule has 0 aliphatic carbocycles. The second kappa shape index (κ2) is 6.32. The van der Waals surface area contributed by atoms with E-state index in [4.69, 9.17) is 5.84 Å². The van der Waals surface area contributed by atoms with E-state index < -0.39 is 6.10 Å². The van der Waals surface area contributed by atoms with Crippen molar-refractivity contribution in [1.82, 2.24) is 10.3 Å². The molecule has 2 aromatic rings. The van der Waals surface area contributed by atoms with Gasteiger partial charge in [0, 0.05) is 17.8 Å². The maximum atomic E-state index is 11.9. The monoisotopic (exact) mass is 293 g/mol. The minimum atomic E-state index is -0.406. The molecule has 1 amide bonds. The average molecular weight is 293 g/mol. The summed E-state index contributed by atoms with van der Waals surface area (Å²) in [7, 11) is 1.92. The molecule has 0 saturated carbocycles. The summed E-state index contributed by atoms with van der Waals surface area (Å²) in [5.74, 6) is 4.99. The Balaban J connectivity index is 2.40. The van der Waals surface area contributed by atoms with E-state index in [2.05, 4.69) is 5.43 Å². The van der Waals surface area contributed by atoms with E-state index >= 15 is 0 Å². The maximum Gasteiger partial charge on any atom is 0.275 e. The molecule has 0 aliphatic rings. The van der Waals surface area contributed by atoms with E-state index in [0.29, 0.717) is 18.0 Å². The topological polar surface area (TPSA) is 78.6 Å². The highest BCUT2D eigenvalue weighted by atomic mass is 32.1. The van der Waals surface area contributed by atoms with Crippen LogP contribution in [0.3, 0.4) is 0 Å². The minimum Gasteiger partial charge on any atom is -0.392 e. The molecule has 1 atom stereocenters. The first kappa shape index (κ1) is 14.9. The Morgan fingerprint density at radius 1 is 1.50 bits per heavy atom. The molecule has 108 valence electrons. The van der Waals surface area contributed by atoms with Gasteiger partial charge in [-0.15, -0.1) is 11.3 Å². The van der Waals surface area contributed by atoms with Crippen molar-refractivity contribution in [2.45, 2.75) is 19.6 Å². The van der Waals surface area contributed by atoms with E-state index in [-0.39, 0.29) is 5.91 Å². The van der Waals surface area contributed by atoms with Crippen molar-refractivity contribution in [2.75, 3.05) is 13.6 Å². The predicted molar refractivity (Wildman–Crippen MR) is 81.5 cm³/mol. The van der Waals surface area contributed by atoms with Crippen LogP contribution in [0.15, 0.2) is 24.3 Å². The van der Waals surface area contributed by atoms with Crippen molar-refractivity contribution < 1.29 is 9.90 Å². The standard InChI is InChI=1S/C14H19N3O2S/c1-9(18)7-17(2)8-11-10-5-3-4-6-12(10)20-13(11)14(19)16-15/h3-6,9,18H,7-8,15H2,1-2H3,(H,16,19). The Labute approximate surface area is 122 Å². The van der Waals surface area contributed by atoms with Crippen LogP contribution in [-0.4, -0.2) is 35.6 Å². The van der Waals surface area contributed by atoms with Gasteiger partial charge in [-0.2, -0.15) is 0 Å². The predicted octanol–water partition coefficient (Wildman–Crippen LogP) is 1.32. The highest BCUT2D eigenvalue weighted by Gasteiger charge is 2.19. The summed E-state index contributed by atoms with van der Waals surface area (Å²) in [6.07, 6.45) is -0.406. The van der Waals surface area contributed by atoms with Crippen LogP contribution >= 0.6 is 11.3 Å². The second-order valence-corrected chi connectivity index (χ2v) is 5.98. The maximum absolute atomic E-state index is 11.9. The number of carbonyl (C=O) groups is 1. The van der Waals surface area contributed by atoms with Gasteiger partial charge >= 0.3 is 0 Å². The van der Waals surface area contributed by atoms with Crippen molar-refractivity contribution >= 4 is 27.3 Å². The minimum absolute atomic E-state index is 0.272. The summed E-state index contributed by atoms with van der Waals surface area (Å²) in [4.78, 5) is 14.5. The number of nitrogens with zero attached hydrogens (tertiary/aromatic N) is 1. The van der Waals surface area contributed by atoms with Crippen molar-refractivity contribution in [3.05, 3.63) is 34.7 Å². The van der Waals surface area contributed by atoms with E-state index in [1.54, 1.807) is 6.92 Å². The summed E-state index contributed by atoms with van der Waals surface area (Å²) >= 11 is 1.44. The SMILES string of the molecule is CC(O)CN(C)Cc1c(C(=O)NN)sc2ccccc12. The van der Waals surface area contributed by atoms with Crippen molar-refractivity contribution in [1.29, 1.82) is 0 Å². The first-order chi connectivity index (χ1) is 9.52. The molecule has 5 nitrogen and oxygen atoms in total. The third-order valence-corrected chi connectivity index (χ3v) is 4.25. The van der Waals surface area contributed by atoms with Crippen molar-refractivity contribution in [2.24, 2.45) is 5.84 Å². The van der Waals surface area contributed by atoms with Gasteiger partial charge in [-0.05, 0) is 31.0 Å². The molecule has 0 bridgehead atoms. The number of rotatable bonds is 5. The number of thiophene rings is 1. The molecule has 4 N–H and O–H groups in total. The molecule has 1 heterocycles. The Hall–Kier alpha value is -1.47. The molecule has 0 spiro atoms. The van der Waals surface area contributed by atoms with Crippen LogP contribution in [0.25, 0.3) is 10.1 Å². The smallest absolute Gasteiger partial charge is 0.275 e. The number of aliphatic hydroxyl groups is 1. The van der Waals surface area contributed by atoms with Gasteiger partial charge in [0.25, 0.3) is 5.91 Å². The Morgan fingerprint density at radius 3 is 2.85 bits per heavy atom. The van der Waals surface area contributed by atoms with Gasteiger partial charge in [-0.3, -0.25) is 15.1 Å². The van der Waals surface area contributed by atoms with E-state index in [1.807, 2.05) is 36.2 Å². The molecule has 6 heteroatoms. The number of hydrazine groups is 1. The van der Waals surface area contributed by atoms with Gasteiger partial charge in [0.1, 0.15) is 0 Å². The Kier molecular flexibility index (Phi) is 4.72. The fourth-order valence-electron chi connectivity index (χ4n) is 2.29. The van der Waals surface area contributed by atoms with Gasteiger partial charge < -0.3 is 5.11 Å². The molecule has 2 rings (SSSR count). The molecular formula is C14H19N3O2S. The Morgan fingerprint density at radius 2 is 2.20 bits per heavy atom. The van der Waals surface area contributed by atoms with Gasteiger partial charge in [-0.25, -0.2) is 5.84 Å². The summed E-state index contributed by atoms with van der Waals surface area (Å²) < 4.78 is 1.06. The molecule has 0 saturated heterocycles. The van der Waals surface area contributed by atoms with E-state index in [0.717, 1.165) is 15.6 Å². The number of fused-ring (bicyclic) bond motifs is 1. The number of likely N-dealkylation sites (N-methyl/N-ethyl adjacent to an activating group) is 1. The van der Waals surface area contributed by atoms with Crippen LogP contribution in [-0.2, 0) is 6.54 Å². The van der Waals surface area contributed by atoms with Crippen LogP contribution in [0.4, 0.5) is 0 Å². The lowest BCUT2D eigenvalue weighted by Gasteiger charge is -2.18. The normalized spacial score (nSPS) is 12.8. The van der Waals surface area contributed by atoms with E-state index in [1.165, 1.54) is 11.3 Å². The van der Waals surface area contributed by atoms with Gasteiger partial charge in [0.05, 0.1) is 11.0 Å². The molecule has 0 radical (unpaired) electrons. The second-order valence-electron chi connectivity index (χ2n) is 4.93. The summed E-state index contributed by atoms with van der Waals surface area (Å²) in [6.45, 7) is 2.89. The zero-order chi connectivity index (χ0) is 14.7. The number of nitrogens with one attached hydrogen (secondary N) is 1. The largest absolute Gasteiger partial charge is 0.392 e. The molecule has 1 aromatic carbocycles. The molecule has 20 heavy (non-hydrogen) atoms. The molecular weight excluding hydrogens is 274 g/mol. The third-order valence-electron chi connectivity index (χ3n) is 3.04. The fourth-order valence-corrected chi connectivity index (χ4v) is 3.41. The number of hydrogen-bond acceptors (Lipinski definition) is 5. The summed E-state index contributed by atoms with van der Waals surface area (Å²) in [5.41, 5.74) is 3.16. The molecule has 1 unspecified atom stereocenters. The average Bonchev–Trinajstić information content (AvgIpc) is 2.76. The van der Waals surface area contributed by atoms with E-state index in [9.17, 15) is 9.90 Å². The van der Waals surface area contributed by atoms with Crippen LogP contribution in [0.1, 0.15) is 22.2 Å². The Bertz CT molecular complexity index is 609. The number of nitrogen functional groups attached to an aromatic ring is 1. The molecule has 1 aromatic heterocycles. The van der Waals surface area contributed by atoms with Gasteiger partial charge in [0.2, 0.25) is 0 Å². The number of benzene rings is 1. The number of hydrogen-bond donors (Lipinski definition) is 3. The van der Waals surface area contributed by atoms with Crippen LogP contribution in [0.5, 0.6) is 0 Å². The lowest BCUT2D eigenvalue weighted by atomic mass is 10.1. The highest BCUT2D eigenvalue weighted by molar-refractivity contribution is 7.21. The number of amides is 1. The number of nitrogens with two attached hydrogens (primary N) is 1. The van der Waals surface area contributed by atoms with Gasteiger partial charge in [0.15, 0.2) is 0 Å². The van der Waals surface area contributed by atoms with Crippen LogP contribution in [0.2, 0.25) is 0 Å². The first-order valence-corrected chi connectivity index (χ1v) is 7.22. The van der Waals surface area contributed by atoms with Gasteiger partial charge in [-0.1, -0.05) is 18.2 Å². The lowest BCUT2D eigenvalue weighted by Crippen LogP contribution is -2.31. The lowest BCUT2D eigenvalue weighted by molar-refractivity contribution is 0.0955. The highest BCUT2D eigenvalue weighted by Crippen LogP contribution is 2.32. The van der Waals surface area contributed by atoms with Crippen LogP contribution in [0, 0.1) is 0 Å². The number of aliphatic hydroxyl groups excluding tert-OH is 1.